The first kappa shape index (κ1) is 10.5. The van der Waals surface area contributed by atoms with Crippen molar-refractivity contribution in [1.29, 1.82) is 0 Å². The maximum atomic E-state index is 11.5. The highest BCUT2D eigenvalue weighted by Gasteiger charge is 2.33. The van der Waals surface area contributed by atoms with Gasteiger partial charge in [0.05, 0.1) is 12.3 Å². The third kappa shape index (κ3) is 2.02. The fourth-order valence-electron chi connectivity index (χ4n) is 1.56. The molecule has 1 unspecified atom stereocenters. The Labute approximate surface area is 82.8 Å². The second-order valence-corrected chi connectivity index (χ2v) is 3.01. The lowest BCUT2D eigenvalue weighted by Gasteiger charge is -2.19. The number of nitrogens with zero attached hydrogens (tertiary/aromatic N) is 1. The van der Waals surface area contributed by atoms with Crippen LogP contribution in [0.4, 0.5) is 0 Å². The summed E-state index contributed by atoms with van der Waals surface area (Å²) in [4.78, 5) is 24.3. The third-order valence-corrected chi connectivity index (χ3v) is 2.22. The van der Waals surface area contributed by atoms with E-state index in [1.165, 1.54) is 0 Å². The molecule has 1 heterocycles. The summed E-state index contributed by atoms with van der Waals surface area (Å²) in [5, 5.41) is 0. The van der Waals surface area contributed by atoms with E-state index in [0.717, 1.165) is 19.2 Å². The summed E-state index contributed by atoms with van der Waals surface area (Å²) in [6.07, 6.45) is 4.12. The van der Waals surface area contributed by atoms with Gasteiger partial charge in [0, 0.05) is 6.54 Å². The van der Waals surface area contributed by atoms with Gasteiger partial charge < -0.3 is 9.64 Å². The van der Waals surface area contributed by atoms with Crippen molar-refractivity contribution >= 4 is 11.8 Å². The van der Waals surface area contributed by atoms with Crippen LogP contribution in [0.25, 0.3) is 0 Å². The first-order valence-electron chi connectivity index (χ1n) is 4.44. The number of carbonyl (C=O) groups excluding carboxylic acids is 2. The molecule has 0 N–H and O–H groups in total. The quantitative estimate of drug-likeness (QED) is 0.379. The third-order valence-electron chi connectivity index (χ3n) is 2.22. The number of likely N-dealkylation sites (tertiary alicyclic amines) is 1. The molecule has 0 aromatic heterocycles. The van der Waals surface area contributed by atoms with Crippen molar-refractivity contribution in [1.82, 2.24) is 4.90 Å². The molecule has 1 rings (SSSR count). The van der Waals surface area contributed by atoms with Crippen LogP contribution in [-0.4, -0.2) is 29.2 Å². The summed E-state index contributed by atoms with van der Waals surface area (Å²) in [7, 11) is 0. The predicted octanol–water partition coefficient (Wildman–Crippen LogP) is 0.850. The molecule has 0 bridgehead atoms. The SMILES string of the molecule is C=COC(=O)C(=O)C1CCCN1C=C. The number of hydrogen-bond donors (Lipinski definition) is 0. The van der Waals surface area contributed by atoms with E-state index < -0.39 is 17.8 Å². The first-order chi connectivity index (χ1) is 6.70. The van der Waals surface area contributed by atoms with Crippen LogP contribution in [0.5, 0.6) is 0 Å². The second kappa shape index (κ2) is 4.60. The van der Waals surface area contributed by atoms with Gasteiger partial charge in [0.2, 0.25) is 0 Å². The maximum absolute atomic E-state index is 11.5. The molecule has 1 fully saturated rings. The molecule has 76 valence electrons. The van der Waals surface area contributed by atoms with Crippen LogP contribution in [0.15, 0.2) is 25.6 Å². The van der Waals surface area contributed by atoms with Crippen LogP contribution in [-0.2, 0) is 14.3 Å². The standard InChI is InChI=1S/C10H13NO3/c1-3-11-7-5-6-8(11)9(12)10(13)14-4-2/h3-4,8H,1-2,5-7H2. The molecule has 0 radical (unpaired) electrons. The largest absolute Gasteiger partial charge is 0.429 e. The Balaban J connectivity index is 2.63. The van der Waals surface area contributed by atoms with Gasteiger partial charge in [-0.1, -0.05) is 13.2 Å². The zero-order valence-corrected chi connectivity index (χ0v) is 7.94. The Morgan fingerprint density at radius 2 is 2.14 bits per heavy atom. The smallest absolute Gasteiger partial charge is 0.381 e. The lowest BCUT2D eigenvalue weighted by atomic mass is 10.1. The summed E-state index contributed by atoms with van der Waals surface area (Å²) in [5.41, 5.74) is 0. The van der Waals surface area contributed by atoms with E-state index >= 15 is 0 Å². The Kier molecular flexibility index (Phi) is 3.45. The van der Waals surface area contributed by atoms with Crippen LogP contribution in [0.2, 0.25) is 0 Å². The van der Waals surface area contributed by atoms with Crippen molar-refractivity contribution in [2.45, 2.75) is 18.9 Å². The van der Waals surface area contributed by atoms with Crippen LogP contribution in [0.3, 0.4) is 0 Å². The number of Topliss-reactive ketones (excluding diaryl/α,β-unsaturated/α-hetero) is 1. The Morgan fingerprint density at radius 1 is 1.43 bits per heavy atom. The lowest BCUT2D eigenvalue weighted by Crippen LogP contribution is -2.37. The minimum atomic E-state index is -0.848. The predicted molar refractivity (Wildman–Crippen MR) is 51.2 cm³/mol. The average Bonchev–Trinajstić information content (AvgIpc) is 2.64. The van der Waals surface area contributed by atoms with E-state index in [0.29, 0.717) is 6.42 Å². The zero-order valence-electron chi connectivity index (χ0n) is 7.94. The summed E-state index contributed by atoms with van der Waals surface area (Å²) in [6, 6.07) is -0.403. The molecule has 1 atom stereocenters. The monoisotopic (exact) mass is 195 g/mol. The Morgan fingerprint density at radius 3 is 2.71 bits per heavy atom. The van der Waals surface area contributed by atoms with Gasteiger partial charge in [-0.15, -0.1) is 0 Å². The normalized spacial score (nSPS) is 20.3. The van der Waals surface area contributed by atoms with E-state index in [4.69, 9.17) is 0 Å². The minimum absolute atomic E-state index is 0.403. The van der Waals surface area contributed by atoms with Crippen molar-refractivity contribution in [3.8, 4) is 0 Å². The highest BCUT2D eigenvalue weighted by atomic mass is 16.5. The Bertz CT molecular complexity index is 273. The number of esters is 1. The highest BCUT2D eigenvalue weighted by Crippen LogP contribution is 2.18. The molecular formula is C10H13NO3. The van der Waals surface area contributed by atoms with Gasteiger partial charge in [-0.3, -0.25) is 4.79 Å². The van der Waals surface area contributed by atoms with Gasteiger partial charge in [-0.05, 0) is 19.0 Å². The molecule has 1 saturated heterocycles. The lowest BCUT2D eigenvalue weighted by molar-refractivity contribution is -0.151. The average molecular weight is 195 g/mol. The fraction of sp³-hybridized carbons (Fsp3) is 0.400. The van der Waals surface area contributed by atoms with Gasteiger partial charge >= 0.3 is 5.97 Å². The molecule has 0 aromatic rings. The van der Waals surface area contributed by atoms with Gasteiger partial charge in [0.1, 0.15) is 0 Å². The molecule has 14 heavy (non-hydrogen) atoms. The van der Waals surface area contributed by atoms with Gasteiger partial charge in [0.25, 0.3) is 5.78 Å². The number of hydrogen-bond acceptors (Lipinski definition) is 4. The molecule has 1 aliphatic rings. The van der Waals surface area contributed by atoms with E-state index in [-0.39, 0.29) is 0 Å². The molecule has 1 aliphatic heterocycles. The van der Waals surface area contributed by atoms with Crippen LogP contribution in [0, 0.1) is 0 Å². The number of carbonyl (C=O) groups is 2. The van der Waals surface area contributed by atoms with Gasteiger partial charge in [-0.2, -0.15) is 0 Å². The second-order valence-electron chi connectivity index (χ2n) is 3.01. The molecule has 0 aromatic carbocycles. The van der Waals surface area contributed by atoms with Crippen LogP contribution < -0.4 is 0 Å². The summed E-state index contributed by atoms with van der Waals surface area (Å²) < 4.78 is 4.42. The molecule has 0 amide bonds. The zero-order chi connectivity index (χ0) is 10.6. The van der Waals surface area contributed by atoms with Gasteiger partial charge in [-0.25, -0.2) is 4.79 Å². The molecule has 0 saturated carbocycles. The van der Waals surface area contributed by atoms with E-state index in [1.54, 1.807) is 11.1 Å². The van der Waals surface area contributed by atoms with E-state index in [2.05, 4.69) is 17.9 Å². The topological polar surface area (TPSA) is 46.6 Å². The van der Waals surface area contributed by atoms with Crippen molar-refractivity contribution < 1.29 is 14.3 Å². The molecule has 4 heteroatoms. The van der Waals surface area contributed by atoms with Crippen LogP contribution >= 0.6 is 0 Å². The minimum Gasteiger partial charge on any atom is -0.429 e. The van der Waals surface area contributed by atoms with Gasteiger partial charge in [0.15, 0.2) is 0 Å². The van der Waals surface area contributed by atoms with Crippen molar-refractivity contribution in [2.24, 2.45) is 0 Å². The highest BCUT2D eigenvalue weighted by molar-refractivity contribution is 6.35. The molecule has 4 nitrogen and oxygen atoms in total. The van der Waals surface area contributed by atoms with Crippen LogP contribution in [0.1, 0.15) is 12.8 Å². The fourth-order valence-corrected chi connectivity index (χ4v) is 1.56. The summed E-state index contributed by atoms with van der Waals surface area (Å²) in [5.74, 6) is -1.37. The van der Waals surface area contributed by atoms with Crippen molar-refractivity contribution in [3.63, 3.8) is 0 Å². The number of rotatable bonds is 4. The molecular weight excluding hydrogens is 182 g/mol. The summed E-state index contributed by atoms with van der Waals surface area (Å²) in [6.45, 7) is 7.57. The number of ether oxygens (including phenoxy) is 1. The Hall–Kier alpha value is -1.58. The number of ketones is 1. The maximum Gasteiger partial charge on any atom is 0.381 e. The van der Waals surface area contributed by atoms with Crippen molar-refractivity contribution in [2.75, 3.05) is 6.54 Å². The van der Waals surface area contributed by atoms with Crippen molar-refractivity contribution in [3.05, 3.63) is 25.6 Å². The van der Waals surface area contributed by atoms with E-state index in [9.17, 15) is 9.59 Å². The first-order valence-corrected chi connectivity index (χ1v) is 4.44. The summed E-state index contributed by atoms with van der Waals surface area (Å²) >= 11 is 0. The van der Waals surface area contributed by atoms with E-state index in [1.807, 2.05) is 0 Å². The molecule has 0 spiro atoms. The molecule has 0 aliphatic carbocycles.